The van der Waals surface area contributed by atoms with Crippen LogP contribution in [0.4, 0.5) is 0 Å². The SMILES string of the molecule is O=C(NCCc1csc(-c2ccccc2)n1)[C@H]1C[C@@H]1c1ccco1. The number of benzene rings is 1. The van der Waals surface area contributed by atoms with Crippen LogP contribution in [0, 0.1) is 5.92 Å². The number of nitrogens with zero attached hydrogens (tertiary/aromatic N) is 1. The Hall–Kier alpha value is -2.40. The van der Waals surface area contributed by atoms with Gasteiger partial charge in [0.25, 0.3) is 0 Å². The van der Waals surface area contributed by atoms with Crippen LogP contribution in [0.5, 0.6) is 0 Å². The first-order valence-corrected chi connectivity index (χ1v) is 9.00. The first-order chi connectivity index (χ1) is 11.8. The summed E-state index contributed by atoms with van der Waals surface area (Å²) in [5.41, 5.74) is 2.16. The molecule has 0 spiro atoms. The molecule has 5 heteroatoms. The minimum absolute atomic E-state index is 0.0615. The number of amides is 1. The van der Waals surface area contributed by atoms with Crippen molar-refractivity contribution in [2.24, 2.45) is 5.92 Å². The lowest BCUT2D eigenvalue weighted by atomic mass is 10.2. The van der Waals surface area contributed by atoms with Gasteiger partial charge in [-0.15, -0.1) is 11.3 Å². The van der Waals surface area contributed by atoms with Gasteiger partial charge in [0.1, 0.15) is 10.8 Å². The van der Waals surface area contributed by atoms with Crippen molar-refractivity contribution in [1.82, 2.24) is 10.3 Å². The molecule has 1 aromatic carbocycles. The number of aromatic nitrogens is 1. The number of nitrogens with one attached hydrogen (secondary N) is 1. The monoisotopic (exact) mass is 338 g/mol. The number of furan rings is 1. The zero-order valence-electron chi connectivity index (χ0n) is 13.1. The van der Waals surface area contributed by atoms with Gasteiger partial charge >= 0.3 is 0 Å². The van der Waals surface area contributed by atoms with Crippen molar-refractivity contribution in [1.29, 1.82) is 0 Å². The summed E-state index contributed by atoms with van der Waals surface area (Å²) in [5, 5.41) is 6.11. The lowest BCUT2D eigenvalue weighted by Crippen LogP contribution is -2.27. The van der Waals surface area contributed by atoms with Gasteiger partial charge in [0, 0.05) is 35.7 Å². The maximum atomic E-state index is 12.2. The van der Waals surface area contributed by atoms with E-state index in [9.17, 15) is 4.79 Å². The minimum Gasteiger partial charge on any atom is -0.469 e. The van der Waals surface area contributed by atoms with Gasteiger partial charge in [-0.3, -0.25) is 4.79 Å². The molecular weight excluding hydrogens is 320 g/mol. The Morgan fingerprint density at radius 1 is 1.25 bits per heavy atom. The standard InChI is InChI=1S/C19H18N2O2S/c22-18(16-11-15(16)17-7-4-10-23-17)20-9-8-14-12-24-19(21-14)13-5-2-1-3-6-13/h1-7,10,12,15-16H,8-9,11H2,(H,20,22)/t15-,16-/m0/s1. The quantitative estimate of drug-likeness (QED) is 0.742. The number of carbonyl (C=O) groups is 1. The Balaban J connectivity index is 1.26. The van der Waals surface area contributed by atoms with Crippen LogP contribution >= 0.6 is 11.3 Å². The summed E-state index contributed by atoms with van der Waals surface area (Å²) in [6, 6.07) is 14.0. The third-order valence-electron chi connectivity index (χ3n) is 4.29. The highest BCUT2D eigenvalue weighted by atomic mass is 32.1. The van der Waals surface area contributed by atoms with E-state index >= 15 is 0 Å². The van der Waals surface area contributed by atoms with Crippen molar-refractivity contribution in [3.05, 3.63) is 65.6 Å². The van der Waals surface area contributed by atoms with E-state index in [0.29, 0.717) is 6.54 Å². The second-order valence-corrected chi connectivity index (χ2v) is 6.87. The summed E-state index contributed by atoms with van der Waals surface area (Å²) >= 11 is 1.64. The molecule has 3 aromatic rings. The summed E-state index contributed by atoms with van der Waals surface area (Å²) in [6.07, 6.45) is 3.30. The van der Waals surface area contributed by atoms with Crippen LogP contribution < -0.4 is 5.32 Å². The number of hydrogen-bond acceptors (Lipinski definition) is 4. The molecule has 2 heterocycles. The second-order valence-electron chi connectivity index (χ2n) is 6.02. The fourth-order valence-electron chi connectivity index (χ4n) is 2.88. The van der Waals surface area contributed by atoms with E-state index in [1.807, 2.05) is 30.3 Å². The molecule has 122 valence electrons. The molecule has 4 nitrogen and oxygen atoms in total. The molecule has 1 saturated carbocycles. The number of hydrogen-bond donors (Lipinski definition) is 1. The molecule has 2 atom stereocenters. The molecule has 0 aliphatic heterocycles. The minimum atomic E-state index is 0.0615. The summed E-state index contributed by atoms with van der Waals surface area (Å²) in [4.78, 5) is 16.8. The molecule has 0 unspecified atom stereocenters. The molecule has 0 radical (unpaired) electrons. The molecule has 4 rings (SSSR count). The summed E-state index contributed by atoms with van der Waals surface area (Å²) in [7, 11) is 0. The van der Waals surface area contributed by atoms with Gasteiger partial charge in [0.15, 0.2) is 0 Å². The Kier molecular flexibility index (Phi) is 4.17. The van der Waals surface area contributed by atoms with E-state index in [0.717, 1.165) is 34.9 Å². The Labute approximate surface area is 144 Å². The van der Waals surface area contributed by atoms with E-state index in [4.69, 9.17) is 4.42 Å². The molecule has 2 aromatic heterocycles. The molecule has 1 N–H and O–H groups in total. The van der Waals surface area contributed by atoms with Gasteiger partial charge in [0.2, 0.25) is 5.91 Å². The van der Waals surface area contributed by atoms with Gasteiger partial charge in [-0.05, 0) is 18.6 Å². The van der Waals surface area contributed by atoms with Crippen molar-refractivity contribution in [3.8, 4) is 10.6 Å². The zero-order chi connectivity index (χ0) is 16.4. The second kappa shape index (κ2) is 6.61. The van der Waals surface area contributed by atoms with Gasteiger partial charge in [-0.2, -0.15) is 0 Å². The van der Waals surface area contributed by atoms with E-state index < -0.39 is 0 Å². The van der Waals surface area contributed by atoms with Crippen molar-refractivity contribution >= 4 is 17.2 Å². The van der Waals surface area contributed by atoms with Crippen molar-refractivity contribution in [2.45, 2.75) is 18.8 Å². The highest BCUT2D eigenvalue weighted by Gasteiger charge is 2.45. The third-order valence-corrected chi connectivity index (χ3v) is 5.23. The molecule has 1 amide bonds. The predicted octanol–water partition coefficient (Wildman–Crippen LogP) is 3.87. The van der Waals surface area contributed by atoms with Crippen LogP contribution in [0.25, 0.3) is 10.6 Å². The summed E-state index contributed by atoms with van der Waals surface area (Å²) < 4.78 is 5.37. The maximum absolute atomic E-state index is 12.2. The highest BCUT2D eigenvalue weighted by molar-refractivity contribution is 7.13. The van der Waals surface area contributed by atoms with Crippen molar-refractivity contribution in [3.63, 3.8) is 0 Å². The van der Waals surface area contributed by atoms with E-state index in [2.05, 4.69) is 27.8 Å². The molecule has 1 aliphatic carbocycles. The van der Waals surface area contributed by atoms with Crippen LogP contribution in [0.1, 0.15) is 23.8 Å². The van der Waals surface area contributed by atoms with E-state index in [1.165, 1.54) is 0 Å². The number of carbonyl (C=O) groups excluding carboxylic acids is 1. The Morgan fingerprint density at radius 2 is 2.12 bits per heavy atom. The van der Waals surface area contributed by atoms with Crippen LogP contribution in [0.2, 0.25) is 0 Å². The Bertz CT molecular complexity index is 811. The normalized spacial score (nSPS) is 19.2. The van der Waals surface area contributed by atoms with Gasteiger partial charge in [-0.25, -0.2) is 4.98 Å². The van der Waals surface area contributed by atoms with E-state index in [1.54, 1.807) is 17.6 Å². The predicted molar refractivity (Wildman–Crippen MR) is 93.8 cm³/mol. The van der Waals surface area contributed by atoms with Gasteiger partial charge in [-0.1, -0.05) is 30.3 Å². The molecule has 0 saturated heterocycles. The molecule has 1 fully saturated rings. The molecular formula is C19H18N2O2S. The smallest absolute Gasteiger partial charge is 0.223 e. The van der Waals surface area contributed by atoms with Crippen molar-refractivity contribution in [2.75, 3.05) is 6.54 Å². The van der Waals surface area contributed by atoms with Crippen LogP contribution in [0.3, 0.4) is 0 Å². The van der Waals surface area contributed by atoms with Crippen LogP contribution in [0.15, 0.2) is 58.5 Å². The molecule has 0 bridgehead atoms. The summed E-state index contributed by atoms with van der Waals surface area (Å²) in [6.45, 7) is 0.623. The summed E-state index contributed by atoms with van der Waals surface area (Å²) in [5.74, 6) is 1.35. The fraction of sp³-hybridized carbons (Fsp3) is 0.263. The fourth-order valence-corrected chi connectivity index (χ4v) is 3.74. The van der Waals surface area contributed by atoms with Crippen LogP contribution in [-0.2, 0) is 11.2 Å². The number of thiazole rings is 1. The Morgan fingerprint density at radius 3 is 2.92 bits per heavy atom. The van der Waals surface area contributed by atoms with E-state index in [-0.39, 0.29) is 17.7 Å². The first kappa shape index (κ1) is 15.1. The maximum Gasteiger partial charge on any atom is 0.223 e. The lowest BCUT2D eigenvalue weighted by Gasteiger charge is -2.03. The average molecular weight is 338 g/mol. The van der Waals surface area contributed by atoms with Crippen LogP contribution in [-0.4, -0.2) is 17.4 Å². The third kappa shape index (κ3) is 3.26. The number of rotatable bonds is 6. The average Bonchev–Trinajstić information content (AvgIpc) is 3.01. The topological polar surface area (TPSA) is 55.1 Å². The largest absolute Gasteiger partial charge is 0.469 e. The van der Waals surface area contributed by atoms with Crippen molar-refractivity contribution < 1.29 is 9.21 Å². The molecule has 24 heavy (non-hydrogen) atoms. The lowest BCUT2D eigenvalue weighted by molar-refractivity contribution is -0.122. The van der Waals surface area contributed by atoms with Gasteiger partial charge < -0.3 is 9.73 Å². The first-order valence-electron chi connectivity index (χ1n) is 8.12. The molecule has 1 aliphatic rings. The highest BCUT2D eigenvalue weighted by Crippen LogP contribution is 2.47. The zero-order valence-corrected chi connectivity index (χ0v) is 14.0. The van der Waals surface area contributed by atoms with Gasteiger partial charge in [0.05, 0.1) is 12.0 Å².